The van der Waals surface area contributed by atoms with Gasteiger partial charge < -0.3 is 10.6 Å². The molecule has 2 N–H and O–H groups in total. The van der Waals surface area contributed by atoms with Crippen LogP contribution in [0.1, 0.15) is 29.8 Å². The van der Waals surface area contributed by atoms with Gasteiger partial charge in [0, 0.05) is 6.20 Å². The van der Waals surface area contributed by atoms with E-state index in [0.29, 0.717) is 5.82 Å². The predicted molar refractivity (Wildman–Crippen MR) is 90.1 cm³/mol. The van der Waals surface area contributed by atoms with Gasteiger partial charge in [-0.3, -0.25) is 9.59 Å². The van der Waals surface area contributed by atoms with Crippen molar-refractivity contribution in [3.8, 4) is 0 Å². The molecule has 24 heavy (non-hydrogen) atoms. The summed E-state index contributed by atoms with van der Waals surface area (Å²) in [6.45, 7) is 5.49. The number of nitrogens with zero attached hydrogens (tertiary/aromatic N) is 1. The normalized spacial score (nSPS) is 11.9. The Morgan fingerprint density at radius 1 is 1.17 bits per heavy atom. The van der Waals surface area contributed by atoms with Crippen LogP contribution in [-0.2, 0) is 4.79 Å². The van der Waals surface area contributed by atoms with Gasteiger partial charge in [-0.15, -0.1) is 0 Å². The van der Waals surface area contributed by atoms with Crippen LogP contribution in [0.3, 0.4) is 0 Å². The number of aryl methyl sites for hydroxylation is 1. The van der Waals surface area contributed by atoms with Crippen LogP contribution in [0, 0.1) is 18.7 Å². The van der Waals surface area contributed by atoms with Crippen LogP contribution in [-0.4, -0.2) is 22.8 Å². The summed E-state index contributed by atoms with van der Waals surface area (Å²) in [6, 6.07) is 8.39. The maximum Gasteiger partial charge on any atom is 0.254 e. The number of halogens is 1. The van der Waals surface area contributed by atoms with Gasteiger partial charge in [-0.2, -0.15) is 0 Å². The quantitative estimate of drug-likeness (QED) is 0.886. The van der Waals surface area contributed by atoms with Crippen molar-refractivity contribution in [1.82, 2.24) is 10.3 Å². The Balaban J connectivity index is 2.13. The molecule has 1 atom stereocenters. The second-order valence-electron chi connectivity index (χ2n) is 5.88. The van der Waals surface area contributed by atoms with Gasteiger partial charge in [-0.05, 0) is 42.7 Å². The predicted octanol–water partition coefficient (Wildman–Crippen LogP) is 2.92. The van der Waals surface area contributed by atoms with Crippen molar-refractivity contribution in [3.63, 3.8) is 0 Å². The zero-order valence-electron chi connectivity index (χ0n) is 13.8. The second kappa shape index (κ2) is 7.68. The summed E-state index contributed by atoms with van der Waals surface area (Å²) < 4.78 is 13.7. The lowest BCUT2D eigenvalue weighted by molar-refractivity contribution is -0.118. The fraction of sp³-hybridized carbons (Fsp3) is 0.278. The van der Waals surface area contributed by atoms with E-state index in [9.17, 15) is 14.0 Å². The smallest absolute Gasteiger partial charge is 0.254 e. The number of amides is 2. The van der Waals surface area contributed by atoms with Crippen LogP contribution in [0.25, 0.3) is 0 Å². The van der Waals surface area contributed by atoms with Gasteiger partial charge >= 0.3 is 0 Å². The number of carbonyl (C=O) groups excluding carboxylic acids is 2. The molecule has 2 amide bonds. The third-order valence-corrected chi connectivity index (χ3v) is 3.52. The number of hydrogen-bond donors (Lipinski definition) is 2. The highest BCUT2D eigenvalue weighted by Crippen LogP contribution is 2.11. The number of rotatable bonds is 5. The SMILES string of the molecule is Cc1ccnc(NC(=O)[C@@H](NC(=O)c2ccccc2F)C(C)C)c1. The van der Waals surface area contributed by atoms with Gasteiger partial charge in [0.05, 0.1) is 5.56 Å². The first-order valence-corrected chi connectivity index (χ1v) is 7.67. The summed E-state index contributed by atoms with van der Waals surface area (Å²) in [4.78, 5) is 28.8. The summed E-state index contributed by atoms with van der Waals surface area (Å²) >= 11 is 0. The molecule has 0 bridgehead atoms. The Morgan fingerprint density at radius 3 is 2.50 bits per heavy atom. The fourth-order valence-corrected chi connectivity index (χ4v) is 2.21. The Labute approximate surface area is 140 Å². The monoisotopic (exact) mass is 329 g/mol. The Morgan fingerprint density at radius 2 is 1.88 bits per heavy atom. The maximum absolute atomic E-state index is 13.7. The summed E-state index contributed by atoms with van der Waals surface area (Å²) in [6.07, 6.45) is 1.59. The molecule has 0 saturated carbocycles. The van der Waals surface area contributed by atoms with E-state index < -0.39 is 23.7 Å². The molecule has 0 aliphatic rings. The first-order valence-electron chi connectivity index (χ1n) is 7.67. The standard InChI is InChI=1S/C18H20FN3O2/c1-11(2)16(18(24)21-15-10-12(3)8-9-20-15)22-17(23)13-6-4-5-7-14(13)19/h4-11,16H,1-3H3,(H,22,23)(H,20,21,24)/t16-/m0/s1. The van der Waals surface area contributed by atoms with Crippen molar-refractivity contribution in [2.24, 2.45) is 5.92 Å². The van der Waals surface area contributed by atoms with Crippen molar-refractivity contribution in [1.29, 1.82) is 0 Å². The van der Waals surface area contributed by atoms with Crippen molar-refractivity contribution in [3.05, 3.63) is 59.5 Å². The summed E-state index contributed by atoms with van der Waals surface area (Å²) in [5.41, 5.74) is 0.862. The molecule has 1 aromatic carbocycles. The minimum Gasteiger partial charge on any atom is -0.340 e. The number of pyridine rings is 1. The van der Waals surface area contributed by atoms with Gasteiger partial charge in [0.1, 0.15) is 17.7 Å². The minimum atomic E-state index is -0.806. The molecular formula is C18H20FN3O2. The van der Waals surface area contributed by atoms with Gasteiger partial charge in [0.15, 0.2) is 0 Å². The highest BCUT2D eigenvalue weighted by molar-refractivity contribution is 6.01. The van der Waals surface area contributed by atoms with Crippen molar-refractivity contribution in [2.45, 2.75) is 26.8 Å². The van der Waals surface area contributed by atoms with Crippen molar-refractivity contribution in [2.75, 3.05) is 5.32 Å². The van der Waals surface area contributed by atoms with E-state index in [1.165, 1.54) is 18.2 Å². The maximum atomic E-state index is 13.7. The summed E-state index contributed by atoms with van der Waals surface area (Å²) in [5.74, 6) is -1.42. The Kier molecular flexibility index (Phi) is 5.63. The molecule has 6 heteroatoms. The van der Waals surface area contributed by atoms with Gasteiger partial charge in [0.2, 0.25) is 5.91 Å². The molecule has 2 rings (SSSR count). The largest absolute Gasteiger partial charge is 0.340 e. The lowest BCUT2D eigenvalue weighted by Crippen LogP contribution is -2.47. The van der Waals surface area contributed by atoms with E-state index in [2.05, 4.69) is 15.6 Å². The molecular weight excluding hydrogens is 309 g/mol. The molecule has 126 valence electrons. The van der Waals surface area contributed by atoms with Gasteiger partial charge in [0.25, 0.3) is 5.91 Å². The molecule has 1 heterocycles. The van der Waals surface area contributed by atoms with Crippen LogP contribution < -0.4 is 10.6 Å². The van der Waals surface area contributed by atoms with Crippen LogP contribution in [0.2, 0.25) is 0 Å². The molecule has 5 nitrogen and oxygen atoms in total. The first kappa shape index (κ1) is 17.6. The van der Waals surface area contributed by atoms with Crippen molar-refractivity contribution < 1.29 is 14.0 Å². The minimum absolute atomic E-state index is 0.0929. The Bertz CT molecular complexity index is 747. The van der Waals surface area contributed by atoms with E-state index in [4.69, 9.17) is 0 Å². The molecule has 0 unspecified atom stereocenters. The van der Waals surface area contributed by atoms with Gasteiger partial charge in [-0.1, -0.05) is 26.0 Å². The third kappa shape index (κ3) is 4.38. The fourth-order valence-electron chi connectivity index (χ4n) is 2.21. The van der Waals surface area contributed by atoms with Crippen LogP contribution >= 0.6 is 0 Å². The average molecular weight is 329 g/mol. The van der Waals surface area contributed by atoms with E-state index >= 15 is 0 Å². The highest BCUT2D eigenvalue weighted by Gasteiger charge is 2.26. The molecule has 2 aromatic rings. The molecule has 0 aliphatic heterocycles. The van der Waals surface area contributed by atoms with E-state index in [1.54, 1.807) is 32.2 Å². The first-order chi connectivity index (χ1) is 11.4. The molecule has 1 aromatic heterocycles. The Hall–Kier alpha value is -2.76. The zero-order valence-corrected chi connectivity index (χ0v) is 13.8. The van der Waals surface area contributed by atoms with Crippen molar-refractivity contribution >= 4 is 17.6 Å². The lowest BCUT2D eigenvalue weighted by Gasteiger charge is -2.21. The number of nitrogens with one attached hydrogen (secondary N) is 2. The number of aromatic nitrogens is 1. The summed E-state index contributed by atoms with van der Waals surface area (Å²) in [7, 11) is 0. The second-order valence-corrected chi connectivity index (χ2v) is 5.88. The number of hydrogen-bond acceptors (Lipinski definition) is 3. The summed E-state index contributed by atoms with van der Waals surface area (Å²) in [5, 5.41) is 5.27. The lowest BCUT2D eigenvalue weighted by atomic mass is 10.0. The number of benzene rings is 1. The number of anilines is 1. The third-order valence-electron chi connectivity index (χ3n) is 3.52. The topological polar surface area (TPSA) is 71.1 Å². The van der Waals surface area contributed by atoms with E-state index in [0.717, 1.165) is 5.56 Å². The average Bonchev–Trinajstić information content (AvgIpc) is 2.52. The molecule has 0 fully saturated rings. The molecule has 0 spiro atoms. The molecule has 0 aliphatic carbocycles. The molecule has 0 saturated heterocycles. The van der Waals surface area contributed by atoms with Gasteiger partial charge in [-0.25, -0.2) is 9.37 Å². The highest BCUT2D eigenvalue weighted by atomic mass is 19.1. The van der Waals surface area contributed by atoms with E-state index in [1.807, 2.05) is 13.0 Å². The molecule has 0 radical (unpaired) electrons. The van der Waals surface area contributed by atoms with E-state index in [-0.39, 0.29) is 11.5 Å². The van der Waals surface area contributed by atoms with Crippen LogP contribution in [0.5, 0.6) is 0 Å². The van der Waals surface area contributed by atoms with Crippen LogP contribution in [0.15, 0.2) is 42.6 Å². The zero-order chi connectivity index (χ0) is 17.7. The van der Waals surface area contributed by atoms with Crippen LogP contribution in [0.4, 0.5) is 10.2 Å². The number of carbonyl (C=O) groups is 2.